The Morgan fingerprint density at radius 1 is 1.35 bits per heavy atom. The molecule has 0 bridgehead atoms. The minimum atomic E-state index is -0.240. The predicted octanol–water partition coefficient (Wildman–Crippen LogP) is 2.06. The molecule has 4 heteroatoms. The molecule has 0 aromatic heterocycles. The van der Waals surface area contributed by atoms with Gasteiger partial charge in [-0.1, -0.05) is 6.07 Å². The van der Waals surface area contributed by atoms with Crippen LogP contribution in [0.4, 0.5) is 0 Å². The Morgan fingerprint density at radius 2 is 2.20 bits per heavy atom. The average Bonchev–Trinajstić information content (AvgIpc) is 2.91. The first-order valence-electron chi connectivity index (χ1n) is 7.33. The lowest BCUT2D eigenvalue weighted by Gasteiger charge is -2.33. The lowest BCUT2D eigenvalue weighted by Crippen LogP contribution is -2.30. The van der Waals surface area contributed by atoms with Gasteiger partial charge in [0.2, 0.25) is 0 Å². The van der Waals surface area contributed by atoms with Crippen LogP contribution in [0.2, 0.25) is 0 Å². The van der Waals surface area contributed by atoms with E-state index in [0.29, 0.717) is 11.6 Å². The third-order valence-corrected chi connectivity index (χ3v) is 4.48. The highest BCUT2D eigenvalue weighted by atomic mass is 16.5. The van der Waals surface area contributed by atoms with E-state index in [0.717, 1.165) is 26.2 Å². The van der Waals surface area contributed by atoms with Crippen LogP contribution in [0.3, 0.4) is 0 Å². The first-order chi connectivity index (χ1) is 9.69. The number of fused-ring (bicyclic) bond motifs is 1. The van der Waals surface area contributed by atoms with Gasteiger partial charge in [0.1, 0.15) is 0 Å². The van der Waals surface area contributed by atoms with Crippen LogP contribution in [0.1, 0.15) is 40.4 Å². The molecule has 1 atom stereocenters. The maximum absolute atomic E-state index is 11.6. The first kappa shape index (κ1) is 13.6. The lowest BCUT2D eigenvalue weighted by atomic mass is 9.86. The molecule has 1 aromatic rings. The summed E-state index contributed by atoms with van der Waals surface area (Å²) in [4.78, 5) is 16.6. The summed E-state index contributed by atoms with van der Waals surface area (Å²) in [5.74, 6) is -0.240. The van der Waals surface area contributed by atoms with E-state index in [4.69, 9.17) is 4.74 Å². The maximum atomic E-state index is 11.6. The van der Waals surface area contributed by atoms with Crippen LogP contribution in [0.5, 0.6) is 0 Å². The molecule has 0 N–H and O–H groups in total. The fraction of sp³-hybridized carbons (Fsp3) is 0.562. The average molecular weight is 274 g/mol. The van der Waals surface area contributed by atoms with Crippen molar-refractivity contribution in [3.05, 3.63) is 34.9 Å². The molecule has 0 amide bonds. The number of ether oxygens (including phenoxy) is 1. The molecule has 0 saturated carbocycles. The van der Waals surface area contributed by atoms with E-state index in [9.17, 15) is 4.79 Å². The molecule has 1 aliphatic carbocycles. The summed E-state index contributed by atoms with van der Waals surface area (Å²) in [5.41, 5.74) is 3.39. The fourth-order valence-corrected chi connectivity index (χ4v) is 3.42. The number of hydrogen-bond donors (Lipinski definition) is 0. The summed E-state index contributed by atoms with van der Waals surface area (Å²) in [6.07, 6.45) is 3.49. The predicted molar refractivity (Wildman–Crippen MR) is 77.7 cm³/mol. The molecule has 108 valence electrons. The molecule has 1 saturated heterocycles. The minimum absolute atomic E-state index is 0.240. The van der Waals surface area contributed by atoms with Crippen LogP contribution in [-0.2, 0) is 11.2 Å². The Kier molecular flexibility index (Phi) is 3.76. The summed E-state index contributed by atoms with van der Waals surface area (Å²) in [6.45, 7) is 3.33. The highest BCUT2D eigenvalue weighted by Crippen LogP contribution is 2.35. The van der Waals surface area contributed by atoms with Crippen molar-refractivity contribution in [2.45, 2.75) is 25.3 Å². The lowest BCUT2D eigenvalue weighted by molar-refractivity contribution is 0.0600. The van der Waals surface area contributed by atoms with Crippen molar-refractivity contribution in [3.8, 4) is 0 Å². The second kappa shape index (κ2) is 5.54. The van der Waals surface area contributed by atoms with E-state index in [2.05, 4.69) is 22.9 Å². The van der Waals surface area contributed by atoms with Crippen LogP contribution < -0.4 is 0 Å². The Morgan fingerprint density at radius 3 is 2.90 bits per heavy atom. The molecule has 4 nitrogen and oxygen atoms in total. The highest BCUT2D eigenvalue weighted by Gasteiger charge is 2.29. The van der Waals surface area contributed by atoms with Gasteiger partial charge in [-0.25, -0.2) is 4.79 Å². The zero-order valence-electron chi connectivity index (χ0n) is 12.3. The molecule has 2 aliphatic rings. The van der Waals surface area contributed by atoms with Crippen LogP contribution >= 0.6 is 0 Å². The standard InChI is InChI=1S/C16H22N2O2/c1-17-8-9-18(11-17)15-5-3-4-12-10-13(16(19)20-2)6-7-14(12)15/h6-7,10,15H,3-5,8-9,11H2,1-2H3/t15-/m0/s1. The third-order valence-electron chi connectivity index (χ3n) is 4.48. The van der Waals surface area contributed by atoms with Gasteiger partial charge in [-0.15, -0.1) is 0 Å². The number of esters is 1. The molecule has 3 rings (SSSR count). The van der Waals surface area contributed by atoms with E-state index in [-0.39, 0.29) is 5.97 Å². The van der Waals surface area contributed by atoms with Crippen molar-refractivity contribution in [1.82, 2.24) is 9.80 Å². The van der Waals surface area contributed by atoms with Gasteiger partial charge >= 0.3 is 5.97 Å². The summed E-state index contributed by atoms with van der Waals surface area (Å²) < 4.78 is 4.81. The molecule has 0 spiro atoms. The largest absolute Gasteiger partial charge is 0.465 e. The van der Waals surface area contributed by atoms with Gasteiger partial charge in [0.05, 0.1) is 19.3 Å². The summed E-state index contributed by atoms with van der Waals surface area (Å²) in [7, 11) is 3.61. The maximum Gasteiger partial charge on any atom is 0.337 e. The second-order valence-corrected chi connectivity index (χ2v) is 5.85. The van der Waals surface area contributed by atoms with Crippen LogP contribution in [0, 0.1) is 0 Å². The second-order valence-electron chi connectivity index (χ2n) is 5.85. The monoisotopic (exact) mass is 274 g/mol. The van der Waals surface area contributed by atoms with Gasteiger partial charge in [0.25, 0.3) is 0 Å². The SMILES string of the molecule is COC(=O)c1ccc2c(c1)CCC[C@@H]2N1CCN(C)C1. The zero-order chi connectivity index (χ0) is 14.1. The number of carbonyl (C=O) groups excluding carboxylic acids is 1. The number of nitrogens with zero attached hydrogens (tertiary/aromatic N) is 2. The number of benzene rings is 1. The number of aryl methyl sites for hydroxylation is 1. The van der Waals surface area contributed by atoms with Crippen molar-refractivity contribution in [3.63, 3.8) is 0 Å². The van der Waals surface area contributed by atoms with Crippen molar-refractivity contribution in [2.24, 2.45) is 0 Å². The molecule has 0 unspecified atom stereocenters. The van der Waals surface area contributed by atoms with Crippen LogP contribution in [0.15, 0.2) is 18.2 Å². The number of methoxy groups -OCH3 is 1. The van der Waals surface area contributed by atoms with Gasteiger partial charge in [-0.2, -0.15) is 0 Å². The van der Waals surface area contributed by atoms with Gasteiger partial charge in [0, 0.05) is 19.1 Å². The summed E-state index contributed by atoms with van der Waals surface area (Å²) in [5, 5.41) is 0. The van der Waals surface area contributed by atoms with Gasteiger partial charge in [-0.3, -0.25) is 9.80 Å². The summed E-state index contributed by atoms with van der Waals surface area (Å²) in [6, 6.07) is 6.56. The molecular formula is C16H22N2O2. The van der Waals surface area contributed by atoms with Crippen molar-refractivity contribution in [2.75, 3.05) is 33.9 Å². The zero-order valence-corrected chi connectivity index (χ0v) is 12.3. The highest BCUT2D eigenvalue weighted by molar-refractivity contribution is 5.89. The smallest absolute Gasteiger partial charge is 0.337 e. The Balaban J connectivity index is 1.87. The Bertz CT molecular complexity index is 515. The molecule has 1 fully saturated rings. The van der Waals surface area contributed by atoms with E-state index < -0.39 is 0 Å². The van der Waals surface area contributed by atoms with Crippen LogP contribution in [-0.4, -0.2) is 49.7 Å². The van der Waals surface area contributed by atoms with Crippen molar-refractivity contribution >= 4 is 5.97 Å². The molecule has 1 aromatic carbocycles. The Labute approximate surface area is 120 Å². The minimum Gasteiger partial charge on any atom is -0.465 e. The number of hydrogen-bond acceptors (Lipinski definition) is 4. The van der Waals surface area contributed by atoms with E-state index in [1.165, 1.54) is 31.1 Å². The van der Waals surface area contributed by atoms with E-state index in [1.807, 2.05) is 12.1 Å². The van der Waals surface area contributed by atoms with E-state index in [1.54, 1.807) is 0 Å². The Hall–Kier alpha value is -1.39. The molecule has 20 heavy (non-hydrogen) atoms. The summed E-state index contributed by atoms with van der Waals surface area (Å²) >= 11 is 0. The van der Waals surface area contributed by atoms with Gasteiger partial charge in [0.15, 0.2) is 0 Å². The van der Waals surface area contributed by atoms with Crippen LogP contribution in [0.25, 0.3) is 0 Å². The molecular weight excluding hydrogens is 252 g/mol. The number of carbonyl (C=O) groups is 1. The quantitative estimate of drug-likeness (QED) is 0.773. The van der Waals surface area contributed by atoms with Gasteiger partial charge < -0.3 is 4.74 Å². The van der Waals surface area contributed by atoms with Crippen molar-refractivity contribution < 1.29 is 9.53 Å². The third kappa shape index (κ3) is 2.45. The molecule has 1 heterocycles. The number of likely N-dealkylation sites (N-methyl/N-ethyl adjacent to an activating group) is 1. The first-order valence-corrected chi connectivity index (χ1v) is 7.33. The molecule has 1 aliphatic heterocycles. The van der Waals surface area contributed by atoms with Crippen molar-refractivity contribution in [1.29, 1.82) is 0 Å². The topological polar surface area (TPSA) is 32.8 Å². The van der Waals surface area contributed by atoms with Gasteiger partial charge in [-0.05, 0) is 49.6 Å². The molecule has 0 radical (unpaired) electrons. The number of rotatable bonds is 2. The van der Waals surface area contributed by atoms with E-state index >= 15 is 0 Å². The fourth-order valence-electron chi connectivity index (χ4n) is 3.42. The normalized spacial score (nSPS) is 23.6.